The number of rotatable bonds is 3. The van der Waals surface area contributed by atoms with Crippen LogP contribution in [-0.4, -0.2) is 15.3 Å². The van der Waals surface area contributed by atoms with E-state index in [9.17, 15) is 4.79 Å². The van der Waals surface area contributed by atoms with E-state index in [4.69, 9.17) is 0 Å². The highest BCUT2D eigenvalue weighted by atomic mass is 16.1. The summed E-state index contributed by atoms with van der Waals surface area (Å²) in [6, 6.07) is -0.0776. The second-order valence-corrected chi connectivity index (χ2v) is 3.32. The zero-order valence-electron chi connectivity index (χ0n) is 8.66. The van der Waals surface area contributed by atoms with Crippen molar-refractivity contribution in [2.45, 2.75) is 40.2 Å². The van der Waals surface area contributed by atoms with Crippen molar-refractivity contribution in [3.63, 3.8) is 0 Å². The quantitative estimate of drug-likeness (QED) is 0.713. The molecule has 1 unspecified atom stereocenters. The summed E-state index contributed by atoms with van der Waals surface area (Å²) < 4.78 is 1.93. The van der Waals surface area contributed by atoms with E-state index in [1.54, 1.807) is 6.33 Å². The van der Waals surface area contributed by atoms with Gasteiger partial charge >= 0.3 is 0 Å². The summed E-state index contributed by atoms with van der Waals surface area (Å²) in [5.74, 6) is 0.250. The normalized spacial score (nSPS) is 12.9. The van der Waals surface area contributed by atoms with Gasteiger partial charge in [-0.2, -0.15) is 0 Å². The molecule has 0 aromatic carbocycles. The van der Waals surface area contributed by atoms with Crippen LogP contribution < -0.4 is 0 Å². The van der Waals surface area contributed by atoms with Crippen LogP contribution in [0.2, 0.25) is 0 Å². The predicted octanol–water partition coefficient (Wildman–Crippen LogP) is 2.04. The van der Waals surface area contributed by atoms with Gasteiger partial charge < -0.3 is 4.57 Å². The molecule has 0 spiro atoms. The Morgan fingerprint density at radius 1 is 1.62 bits per heavy atom. The van der Waals surface area contributed by atoms with Crippen molar-refractivity contribution >= 4 is 5.78 Å². The highest BCUT2D eigenvalue weighted by Crippen LogP contribution is 2.14. The average Bonchev–Trinajstić information content (AvgIpc) is 2.45. The lowest BCUT2D eigenvalue weighted by Crippen LogP contribution is -2.15. The Balaban J connectivity index is 2.95. The van der Waals surface area contributed by atoms with Crippen molar-refractivity contribution in [2.75, 3.05) is 0 Å². The Morgan fingerprint density at radius 3 is 2.62 bits per heavy atom. The lowest BCUT2D eigenvalue weighted by atomic mass is 10.1. The number of Topliss-reactive ketones (excluding diaryl/α,β-unsaturated/α-hetero) is 1. The lowest BCUT2D eigenvalue weighted by Gasteiger charge is -2.12. The molecule has 0 N–H and O–H groups in total. The summed E-state index contributed by atoms with van der Waals surface area (Å²) in [5, 5.41) is 0. The van der Waals surface area contributed by atoms with E-state index >= 15 is 0 Å². The minimum Gasteiger partial charge on any atom is -0.324 e. The SMILES string of the molecule is CCC(=O)C(C)n1cnc(C)c1C. The smallest absolute Gasteiger partial charge is 0.155 e. The molecule has 13 heavy (non-hydrogen) atoms. The molecule has 1 atom stereocenters. The summed E-state index contributed by atoms with van der Waals surface area (Å²) in [5.41, 5.74) is 2.07. The molecule has 1 heterocycles. The van der Waals surface area contributed by atoms with E-state index in [2.05, 4.69) is 4.98 Å². The Labute approximate surface area is 78.8 Å². The van der Waals surface area contributed by atoms with Crippen molar-refractivity contribution < 1.29 is 4.79 Å². The minimum atomic E-state index is -0.0776. The van der Waals surface area contributed by atoms with Crippen molar-refractivity contribution in [1.29, 1.82) is 0 Å². The van der Waals surface area contributed by atoms with Gasteiger partial charge in [0.15, 0.2) is 5.78 Å². The molecular weight excluding hydrogens is 164 g/mol. The summed E-state index contributed by atoms with van der Waals surface area (Å²) in [4.78, 5) is 15.6. The van der Waals surface area contributed by atoms with Gasteiger partial charge in [0.05, 0.1) is 18.1 Å². The Bertz CT molecular complexity index is 315. The fourth-order valence-corrected chi connectivity index (χ4v) is 1.36. The number of aryl methyl sites for hydroxylation is 1. The van der Waals surface area contributed by atoms with Gasteiger partial charge in [0.2, 0.25) is 0 Å². The number of hydrogen-bond acceptors (Lipinski definition) is 2. The van der Waals surface area contributed by atoms with Crippen molar-refractivity contribution in [2.24, 2.45) is 0 Å². The number of aromatic nitrogens is 2. The highest BCUT2D eigenvalue weighted by molar-refractivity contribution is 5.81. The second kappa shape index (κ2) is 3.73. The van der Waals surface area contributed by atoms with Crippen LogP contribution in [0.4, 0.5) is 0 Å². The van der Waals surface area contributed by atoms with E-state index in [1.807, 2.05) is 32.3 Å². The molecule has 0 fully saturated rings. The van der Waals surface area contributed by atoms with Crippen molar-refractivity contribution in [1.82, 2.24) is 9.55 Å². The van der Waals surface area contributed by atoms with Gasteiger partial charge in [0.25, 0.3) is 0 Å². The van der Waals surface area contributed by atoms with Crippen LogP contribution in [0.25, 0.3) is 0 Å². The first kappa shape index (κ1) is 9.96. The maximum absolute atomic E-state index is 11.4. The molecule has 0 aliphatic carbocycles. The van der Waals surface area contributed by atoms with Gasteiger partial charge in [0.1, 0.15) is 0 Å². The van der Waals surface area contributed by atoms with E-state index in [0.29, 0.717) is 6.42 Å². The van der Waals surface area contributed by atoms with Crippen LogP contribution in [0.3, 0.4) is 0 Å². The molecule has 0 aliphatic heterocycles. The molecule has 0 bridgehead atoms. The highest BCUT2D eigenvalue weighted by Gasteiger charge is 2.14. The monoisotopic (exact) mass is 180 g/mol. The molecule has 0 saturated heterocycles. The van der Waals surface area contributed by atoms with Gasteiger partial charge in [-0.15, -0.1) is 0 Å². The molecule has 72 valence electrons. The van der Waals surface area contributed by atoms with Gasteiger partial charge in [0, 0.05) is 12.1 Å². The van der Waals surface area contributed by atoms with E-state index < -0.39 is 0 Å². The van der Waals surface area contributed by atoms with Crippen LogP contribution in [0.15, 0.2) is 6.33 Å². The van der Waals surface area contributed by atoms with Crippen molar-refractivity contribution in [3.05, 3.63) is 17.7 Å². The lowest BCUT2D eigenvalue weighted by molar-refractivity contribution is -0.121. The summed E-state index contributed by atoms with van der Waals surface area (Å²) in [7, 11) is 0. The average molecular weight is 180 g/mol. The zero-order chi connectivity index (χ0) is 10.0. The Kier molecular flexibility index (Phi) is 2.86. The largest absolute Gasteiger partial charge is 0.324 e. The number of carbonyl (C=O) groups is 1. The molecule has 0 saturated carbocycles. The first-order valence-corrected chi connectivity index (χ1v) is 4.60. The van der Waals surface area contributed by atoms with Crippen molar-refractivity contribution in [3.8, 4) is 0 Å². The van der Waals surface area contributed by atoms with Crippen LogP contribution in [0.5, 0.6) is 0 Å². The third-order valence-corrected chi connectivity index (χ3v) is 2.52. The molecular formula is C10H16N2O. The van der Waals surface area contributed by atoms with E-state index in [0.717, 1.165) is 11.4 Å². The third-order valence-electron chi connectivity index (χ3n) is 2.52. The zero-order valence-corrected chi connectivity index (χ0v) is 8.66. The first-order chi connectivity index (χ1) is 6.07. The molecule has 1 rings (SSSR count). The van der Waals surface area contributed by atoms with E-state index in [-0.39, 0.29) is 11.8 Å². The van der Waals surface area contributed by atoms with Gasteiger partial charge in [-0.3, -0.25) is 4.79 Å². The Hall–Kier alpha value is -1.12. The molecule has 1 aromatic rings. The van der Waals surface area contributed by atoms with Crippen LogP contribution >= 0.6 is 0 Å². The molecule has 0 amide bonds. The maximum atomic E-state index is 11.4. The molecule has 0 aliphatic rings. The molecule has 3 nitrogen and oxygen atoms in total. The van der Waals surface area contributed by atoms with Gasteiger partial charge in [-0.25, -0.2) is 4.98 Å². The number of carbonyl (C=O) groups excluding carboxylic acids is 1. The first-order valence-electron chi connectivity index (χ1n) is 4.60. The third kappa shape index (κ3) is 1.79. The molecule has 3 heteroatoms. The van der Waals surface area contributed by atoms with E-state index in [1.165, 1.54) is 0 Å². The standard InChI is InChI=1S/C10H16N2O/c1-5-10(13)9(4)12-6-11-7(2)8(12)3/h6,9H,5H2,1-4H3. The Morgan fingerprint density at radius 2 is 2.23 bits per heavy atom. The topological polar surface area (TPSA) is 34.9 Å². The van der Waals surface area contributed by atoms with Crippen LogP contribution in [-0.2, 0) is 4.79 Å². The maximum Gasteiger partial charge on any atom is 0.155 e. The number of hydrogen-bond donors (Lipinski definition) is 0. The number of ketones is 1. The van der Waals surface area contributed by atoms with Gasteiger partial charge in [-0.05, 0) is 20.8 Å². The predicted molar refractivity (Wildman–Crippen MR) is 51.7 cm³/mol. The fourth-order valence-electron chi connectivity index (χ4n) is 1.36. The number of imidazole rings is 1. The fraction of sp³-hybridized carbons (Fsp3) is 0.600. The summed E-state index contributed by atoms with van der Waals surface area (Å²) in [6.07, 6.45) is 2.32. The number of nitrogens with zero attached hydrogens (tertiary/aromatic N) is 2. The summed E-state index contributed by atoms with van der Waals surface area (Å²) >= 11 is 0. The van der Waals surface area contributed by atoms with Gasteiger partial charge in [-0.1, -0.05) is 6.92 Å². The van der Waals surface area contributed by atoms with Crippen LogP contribution in [0, 0.1) is 13.8 Å². The summed E-state index contributed by atoms with van der Waals surface area (Å²) in [6.45, 7) is 7.74. The molecule has 1 aromatic heterocycles. The van der Waals surface area contributed by atoms with Crippen LogP contribution in [0.1, 0.15) is 37.7 Å². The second-order valence-electron chi connectivity index (χ2n) is 3.32. The molecule has 0 radical (unpaired) electrons. The minimum absolute atomic E-state index is 0.0776.